The molecule has 0 saturated carbocycles. The molecule has 0 aliphatic rings. The van der Waals surface area contributed by atoms with Crippen molar-refractivity contribution in [2.75, 3.05) is 12.5 Å². The summed E-state index contributed by atoms with van der Waals surface area (Å²) in [6.07, 6.45) is 1.80. The predicted molar refractivity (Wildman–Crippen MR) is 101 cm³/mol. The molecule has 1 heterocycles. The molecule has 0 unspecified atom stereocenters. The molecular weight excluding hydrogens is 318 g/mol. The Morgan fingerprint density at radius 1 is 1.04 bits per heavy atom. The Labute approximate surface area is 143 Å². The van der Waals surface area contributed by atoms with Crippen LogP contribution in [-0.2, 0) is 0 Å². The summed E-state index contributed by atoms with van der Waals surface area (Å²) in [5.41, 5.74) is 5.02. The fourth-order valence-corrected chi connectivity index (χ4v) is 3.35. The van der Waals surface area contributed by atoms with Gasteiger partial charge in [0.15, 0.2) is 0 Å². The van der Waals surface area contributed by atoms with Crippen LogP contribution >= 0.6 is 11.3 Å². The van der Waals surface area contributed by atoms with Gasteiger partial charge in [-0.05, 0) is 46.7 Å². The third-order valence-electron chi connectivity index (χ3n) is 3.74. The van der Waals surface area contributed by atoms with E-state index >= 15 is 0 Å². The SMILES string of the molecule is COc1ccc2cc(C=NNc3nc4ccccc4s3)ccc2c1. The number of hydrazone groups is 1. The van der Waals surface area contributed by atoms with Crippen molar-refractivity contribution in [1.82, 2.24) is 4.98 Å². The zero-order valence-electron chi connectivity index (χ0n) is 13.1. The van der Waals surface area contributed by atoms with Crippen molar-refractivity contribution >= 4 is 43.7 Å². The van der Waals surface area contributed by atoms with E-state index in [4.69, 9.17) is 4.74 Å². The first-order chi connectivity index (χ1) is 11.8. The Bertz CT molecular complexity index is 1010. The summed E-state index contributed by atoms with van der Waals surface area (Å²) in [7, 11) is 1.68. The van der Waals surface area contributed by atoms with Crippen LogP contribution in [0.1, 0.15) is 5.56 Å². The van der Waals surface area contributed by atoms with Crippen molar-refractivity contribution in [1.29, 1.82) is 0 Å². The molecular formula is C19H15N3OS. The second kappa shape index (κ2) is 6.29. The van der Waals surface area contributed by atoms with Crippen LogP contribution in [0.2, 0.25) is 0 Å². The molecule has 4 nitrogen and oxygen atoms in total. The summed E-state index contributed by atoms with van der Waals surface area (Å²) < 4.78 is 6.40. The molecule has 1 N–H and O–H groups in total. The van der Waals surface area contributed by atoms with E-state index in [1.54, 1.807) is 24.7 Å². The number of aromatic nitrogens is 1. The van der Waals surface area contributed by atoms with Crippen LogP contribution in [-0.4, -0.2) is 18.3 Å². The predicted octanol–water partition coefficient (Wildman–Crippen LogP) is 4.90. The molecule has 4 rings (SSSR count). The quantitative estimate of drug-likeness (QED) is 0.426. The lowest BCUT2D eigenvalue weighted by molar-refractivity contribution is 0.415. The fourth-order valence-electron chi connectivity index (χ4n) is 2.53. The van der Waals surface area contributed by atoms with Gasteiger partial charge < -0.3 is 4.74 Å². The van der Waals surface area contributed by atoms with E-state index in [1.165, 1.54) is 0 Å². The summed E-state index contributed by atoms with van der Waals surface area (Å²) in [6.45, 7) is 0. The molecule has 0 saturated heterocycles. The molecule has 0 bridgehead atoms. The van der Waals surface area contributed by atoms with Gasteiger partial charge in [-0.25, -0.2) is 4.98 Å². The van der Waals surface area contributed by atoms with Crippen LogP contribution in [0.15, 0.2) is 65.8 Å². The average molecular weight is 333 g/mol. The van der Waals surface area contributed by atoms with E-state index in [-0.39, 0.29) is 0 Å². The Morgan fingerprint density at radius 3 is 2.75 bits per heavy atom. The van der Waals surface area contributed by atoms with E-state index in [0.29, 0.717) is 0 Å². The number of hydrogen-bond donors (Lipinski definition) is 1. The molecule has 5 heteroatoms. The molecule has 3 aromatic carbocycles. The molecule has 4 aromatic rings. The van der Waals surface area contributed by atoms with Gasteiger partial charge in [0, 0.05) is 0 Å². The average Bonchev–Trinajstić information content (AvgIpc) is 3.04. The second-order valence-corrected chi connectivity index (χ2v) is 6.36. The van der Waals surface area contributed by atoms with Gasteiger partial charge in [0.25, 0.3) is 0 Å². The topological polar surface area (TPSA) is 46.5 Å². The minimum Gasteiger partial charge on any atom is -0.497 e. The summed E-state index contributed by atoms with van der Waals surface area (Å²) in [6, 6.07) is 20.3. The smallest absolute Gasteiger partial charge is 0.204 e. The second-order valence-electron chi connectivity index (χ2n) is 5.33. The highest BCUT2D eigenvalue weighted by atomic mass is 32.1. The largest absolute Gasteiger partial charge is 0.497 e. The van der Waals surface area contributed by atoms with Gasteiger partial charge in [-0.3, -0.25) is 5.43 Å². The van der Waals surface area contributed by atoms with Crippen LogP contribution in [0.25, 0.3) is 21.0 Å². The number of methoxy groups -OCH3 is 1. The molecule has 1 aromatic heterocycles. The highest BCUT2D eigenvalue weighted by Crippen LogP contribution is 2.25. The fraction of sp³-hybridized carbons (Fsp3) is 0.0526. The van der Waals surface area contributed by atoms with Crippen LogP contribution in [0.3, 0.4) is 0 Å². The standard InChI is InChI=1S/C19H15N3OS/c1-23-16-9-8-14-10-13(6-7-15(14)11-16)12-20-22-19-21-17-4-2-3-5-18(17)24-19/h2-12H,1H3,(H,21,22). The van der Waals surface area contributed by atoms with Crippen molar-refractivity contribution in [2.24, 2.45) is 5.10 Å². The molecule has 0 fully saturated rings. The maximum absolute atomic E-state index is 5.25. The third kappa shape index (κ3) is 2.94. The lowest BCUT2D eigenvalue weighted by Gasteiger charge is -2.03. The zero-order valence-corrected chi connectivity index (χ0v) is 13.9. The van der Waals surface area contributed by atoms with Crippen LogP contribution < -0.4 is 10.2 Å². The number of hydrogen-bond acceptors (Lipinski definition) is 5. The summed E-state index contributed by atoms with van der Waals surface area (Å²) >= 11 is 1.59. The number of nitrogens with zero attached hydrogens (tertiary/aromatic N) is 2. The maximum Gasteiger partial charge on any atom is 0.204 e. The number of rotatable bonds is 4. The lowest BCUT2D eigenvalue weighted by atomic mass is 10.1. The summed E-state index contributed by atoms with van der Waals surface area (Å²) in [5.74, 6) is 0.862. The normalized spacial score (nSPS) is 11.4. The van der Waals surface area contributed by atoms with Crippen molar-refractivity contribution in [3.63, 3.8) is 0 Å². The van der Waals surface area contributed by atoms with Crippen molar-refractivity contribution in [3.05, 3.63) is 66.2 Å². The molecule has 0 aliphatic carbocycles. The Balaban J connectivity index is 1.53. The third-order valence-corrected chi connectivity index (χ3v) is 4.68. The first kappa shape index (κ1) is 14.7. The summed E-state index contributed by atoms with van der Waals surface area (Å²) in [4.78, 5) is 4.49. The summed E-state index contributed by atoms with van der Waals surface area (Å²) in [5, 5.41) is 7.38. The van der Waals surface area contributed by atoms with Gasteiger partial charge in [0.05, 0.1) is 23.5 Å². The van der Waals surface area contributed by atoms with Gasteiger partial charge in [0.1, 0.15) is 5.75 Å². The molecule has 24 heavy (non-hydrogen) atoms. The monoisotopic (exact) mass is 333 g/mol. The van der Waals surface area contributed by atoms with Crippen molar-refractivity contribution in [2.45, 2.75) is 0 Å². The molecule has 0 amide bonds. The Hall–Kier alpha value is -2.92. The van der Waals surface area contributed by atoms with E-state index in [2.05, 4.69) is 33.7 Å². The van der Waals surface area contributed by atoms with E-state index in [1.807, 2.05) is 42.5 Å². The van der Waals surface area contributed by atoms with E-state index in [0.717, 1.165) is 37.4 Å². The highest BCUT2D eigenvalue weighted by molar-refractivity contribution is 7.22. The molecule has 0 spiro atoms. The van der Waals surface area contributed by atoms with Crippen LogP contribution in [0, 0.1) is 0 Å². The first-order valence-corrected chi connectivity index (χ1v) is 8.36. The first-order valence-electron chi connectivity index (χ1n) is 7.54. The number of ether oxygens (including phenoxy) is 1. The number of thiazole rings is 1. The Morgan fingerprint density at radius 2 is 1.88 bits per heavy atom. The lowest BCUT2D eigenvalue weighted by Crippen LogP contribution is -1.90. The number of benzene rings is 3. The van der Waals surface area contributed by atoms with Gasteiger partial charge >= 0.3 is 0 Å². The minimum atomic E-state index is 0.790. The van der Waals surface area contributed by atoms with E-state index < -0.39 is 0 Å². The van der Waals surface area contributed by atoms with E-state index in [9.17, 15) is 0 Å². The van der Waals surface area contributed by atoms with Gasteiger partial charge in [0.2, 0.25) is 5.13 Å². The number of fused-ring (bicyclic) bond motifs is 2. The zero-order chi connectivity index (χ0) is 16.4. The van der Waals surface area contributed by atoms with Crippen LogP contribution in [0.4, 0.5) is 5.13 Å². The highest BCUT2D eigenvalue weighted by Gasteiger charge is 2.01. The number of para-hydroxylation sites is 1. The van der Waals surface area contributed by atoms with Crippen LogP contribution in [0.5, 0.6) is 5.75 Å². The minimum absolute atomic E-state index is 0.790. The Kier molecular flexibility index (Phi) is 3.84. The van der Waals surface area contributed by atoms with Gasteiger partial charge in [-0.1, -0.05) is 41.7 Å². The van der Waals surface area contributed by atoms with Crippen molar-refractivity contribution < 1.29 is 4.74 Å². The van der Waals surface area contributed by atoms with Crippen molar-refractivity contribution in [3.8, 4) is 5.75 Å². The number of anilines is 1. The maximum atomic E-state index is 5.25. The van der Waals surface area contributed by atoms with Gasteiger partial charge in [-0.15, -0.1) is 0 Å². The molecule has 118 valence electrons. The van der Waals surface area contributed by atoms with Gasteiger partial charge in [-0.2, -0.15) is 5.10 Å². The molecule has 0 atom stereocenters. The number of nitrogens with one attached hydrogen (secondary N) is 1. The molecule has 0 aliphatic heterocycles. The molecule has 0 radical (unpaired) electrons.